The number of hydrogen-bond donors (Lipinski definition) is 0. The molecule has 1 atom stereocenters. The van der Waals surface area contributed by atoms with Crippen molar-refractivity contribution in [1.82, 2.24) is 9.80 Å². The summed E-state index contributed by atoms with van der Waals surface area (Å²) in [6.45, 7) is 6.49. The molecule has 4 nitrogen and oxygen atoms in total. The van der Waals surface area contributed by atoms with Crippen LogP contribution in [0.15, 0.2) is 54.6 Å². The van der Waals surface area contributed by atoms with Gasteiger partial charge in [0.1, 0.15) is 5.75 Å². The number of carbonyl (C=O) groups excluding carboxylic acids is 1. The summed E-state index contributed by atoms with van der Waals surface area (Å²) in [6.07, 6.45) is 0. The van der Waals surface area contributed by atoms with Crippen molar-refractivity contribution >= 4 is 17.7 Å². The van der Waals surface area contributed by atoms with Crippen LogP contribution in [0.2, 0.25) is 0 Å². The highest BCUT2D eigenvalue weighted by molar-refractivity contribution is 7.99. The van der Waals surface area contributed by atoms with E-state index in [0.29, 0.717) is 0 Å². The molecule has 0 bridgehead atoms. The SMILES string of the molecule is COc1cccc(CSC(C)C(=O)N2CCN(Cc3ccccc3)CC2)c1. The van der Waals surface area contributed by atoms with Crippen LogP contribution in [0.3, 0.4) is 0 Å². The number of carbonyl (C=O) groups is 1. The molecular formula is C22H28N2O2S. The largest absolute Gasteiger partial charge is 0.497 e. The zero-order valence-electron chi connectivity index (χ0n) is 16.1. The van der Waals surface area contributed by atoms with Crippen LogP contribution in [0.4, 0.5) is 0 Å². The number of piperazine rings is 1. The molecule has 0 radical (unpaired) electrons. The number of benzene rings is 2. The average molecular weight is 385 g/mol. The van der Waals surface area contributed by atoms with E-state index in [1.807, 2.05) is 36.1 Å². The summed E-state index contributed by atoms with van der Waals surface area (Å²) in [5.74, 6) is 1.93. The fraction of sp³-hybridized carbons (Fsp3) is 0.409. The monoisotopic (exact) mass is 384 g/mol. The molecule has 1 aliphatic rings. The van der Waals surface area contributed by atoms with Crippen LogP contribution < -0.4 is 4.74 Å². The lowest BCUT2D eigenvalue weighted by molar-refractivity contribution is -0.132. The number of hydrogen-bond acceptors (Lipinski definition) is 4. The van der Waals surface area contributed by atoms with Gasteiger partial charge >= 0.3 is 0 Å². The Bertz CT molecular complexity index is 730. The lowest BCUT2D eigenvalue weighted by atomic mass is 10.2. The van der Waals surface area contributed by atoms with E-state index in [2.05, 4.69) is 35.2 Å². The van der Waals surface area contributed by atoms with Crippen molar-refractivity contribution in [1.29, 1.82) is 0 Å². The maximum Gasteiger partial charge on any atom is 0.235 e. The van der Waals surface area contributed by atoms with E-state index in [4.69, 9.17) is 4.74 Å². The molecule has 1 fully saturated rings. The van der Waals surface area contributed by atoms with Gasteiger partial charge in [-0.25, -0.2) is 0 Å². The van der Waals surface area contributed by atoms with E-state index in [9.17, 15) is 4.79 Å². The van der Waals surface area contributed by atoms with Gasteiger partial charge in [0, 0.05) is 38.5 Å². The summed E-state index contributed by atoms with van der Waals surface area (Å²) in [7, 11) is 1.68. The van der Waals surface area contributed by atoms with Gasteiger partial charge in [-0.15, -0.1) is 11.8 Å². The molecule has 0 N–H and O–H groups in total. The Morgan fingerprint density at radius 1 is 1.04 bits per heavy atom. The predicted octanol–water partition coefficient (Wildman–Crippen LogP) is 3.66. The van der Waals surface area contributed by atoms with E-state index < -0.39 is 0 Å². The first-order chi connectivity index (χ1) is 13.2. The van der Waals surface area contributed by atoms with Crippen LogP contribution in [0.1, 0.15) is 18.1 Å². The maximum absolute atomic E-state index is 12.8. The van der Waals surface area contributed by atoms with Gasteiger partial charge in [0.2, 0.25) is 5.91 Å². The minimum atomic E-state index is -0.0307. The van der Waals surface area contributed by atoms with Gasteiger partial charge in [-0.2, -0.15) is 0 Å². The minimum Gasteiger partial charge on any atom is -0.497 e. The first-order valence-corrected chi connectivity index (χ1v) is 10.5. The molecule has 0 aliphatic carbocycles. The van der Waals surface area contributed by atoms with Crippen LogP contribution >= 0.6 is 11.8 Å². The first kappa shape index (κ1) is 19.8. The highest BCUT2D eigenvalue weighted by Crippen LogP contribution is 2.22. The van der Waals surface area contributed by atoms with E-state index in [-0.39, 0.29) is 11.2 Å². The molecule has 1 heterocycles. The van der Waals surface area contributed by atoms with Gasteiger partial charge in [0.25, 0.3) is 0 Å². The standard InChI is InChI=1S/C22H28N2O2S/c1-18(27-17-20-9-6-10-21(15-20)26-2)22(25)24-13-11-23(12-14-24)16-19-7-4-3-5-8-19/h3-10,15,18H,11-14,16-17H2,1-2H3. The molecule has 0 spiro atoms. The zero-order chi connectivity index (χ0) is 19.1. The molecule has 1 saturated heterocycles. The smallest absolute Gasteiger partial charge is 0.235 e. The highest BCUT2D eigenvalue weighted by Gasteiger charge is 2.25. The Morgan fingerprint density at radius 2 is 1.74 bits per heavy atom. The predicted molar refractivity (Wildman–Crippen MR) is 112 cm³/mol. The molecule has 27 heavy (non-hydrogen) atoms. The third kappa shape index (κ3) is 5.75. The van der Waals surface area contributed by atoms with Gasteiger partial charge in [-0.05, 0) is 30.2 Å². The molecule has 144 valence electrons. The lowest BCUT2D eigenvalue weighted by Crippen LogP contribution is -2.50. The summed E-state index contributed by atoms with van der Waals surface area (Å²) in [4.78, 5) is 17.2. The number of ether oxygens (including phenoxy) is 1. The Hall–Kier alpha value is -1.98. The van der Waals surface area contributed by atoms with Gasteiger partial charge in [0.15, 0.2) is 0 Å². The summed E-state index contributed by atoms with van der Waals surface area (Å²) in [6, 6.07) is 18.6. The van der Waals surface area contributed by atoms with Crippen molar-refractivity contribution in [3.05, 3.63) is 65.7 Å². The molecule has 2 aromatic rings. The fourth-order valence-electron chi connectivity index (χ4n) is 3.28. The van der Waals surface area contributed by atoms with Crippen LogP contribution in [0.25, 0.3) is 0 Å². The molecule has 5 heteroatoms. The Kier molecular flexibility index (Phi) is 7.18. The van der Waals surface area contributed by atoms with Crippen molar-refractivity contribution in [2.45, 2.75) is 24.5 Å². The zero-order valence-corrected chi connectivity index (χ0v) is 17.0. The molecule has 1 unspecified atom stereocenters. The minimum absolute atomic E-state index is 0.0307. The second-order valence-corrected chi connectivity index (χ2v) is 8.22. The number of amides is 1. The summed E-state index contributed by atoms with van der Waals surface area (Å²) >= 11 is 1.69. The second-order valence-electron chi connectivity index (χ2n) is 6.89. The van der Waals surface area contributed by atoms with Gasteiger partial charge < -0.3 is 9.64 Å². The maximum atomic E-state index is 12.8. The number of rotatable bonds is 7. The third-order valence-corrected chi connectivity index (χ3v) is 6.12. The average Bonchev–Trinajstić information content (AvgIpc) is 2.73. The Morgan fingerprint density at radius 3 is 2.44 bits per heavy atom. The van der Waals surface area contributed by atoms with Crippen molar-refractivity contribution in [2.75, 3.05) is 33.3 Å². The normalized spacial score (nSPS) is 16.1. The van der Waals surface area contributed by atoms with E-state index >= 15 is 0 Å². The molecule has 1 aliphatic heterocycles. The van der Waals surface area contributed by atoms with Crippen LogP contribution in [-0.2, 0) is 17.1 Å². The quantitative estimate of drug-likeness (QED) is 0.729. The van der Waals surface area contributed by atoms with Crippen molar-refractivity contribution in [3.8, 4) is 5.75 Å². The van der Waals surface area contributed by atoms with Gasteiger partial charge in [-0.3, -0.25) is 9.69 Å². The van der Waals surface area contributed by atoms with Crippen LogP contribution in [0.5, 0.6) is 5.75 Å². The van der Waals surface area contributed by atoms with Crippen LogP contribution in [0, 0.1) is 0 Å². The molecule has 1 amide bonds. The second kappa shape index (κ2) is 9.81. The molecular weight excluding hydrogens is 356 g/mol. The summed E-state index contributed by atoms with van der Waals surface area (Å²) < 4.78 is 5.27. The molecule has 3 rings (SSSR count). The van der Waals surface area contributed by atoms with Crippen molar-refractivity contribution in [3.63, 3.8) is 0 Å². The number of thioether (sulfide) groups is 1. The topological polar surface area (TPSA) is 32.8 Å². The van der Waals surface area contributed by atoms with Gasteiger partial charge in [-0.1, -0.05) is 42.5 Å². The highest BCUT2D eigenvalue weighted by atomic mass is 32.2. The fourth-order valence-corrected chi connectivity index (χ4v) is 4.19. The lowest BCUT2D eigenvalue weighted by Gasteiger charge is -2.36. The number of methoxy groups -OCH3 is 1. The van der Waals surface area contributed by atoms with Crippen LogP contribution in [-0.4, -0.2) is 54.2 Å². The summed E-state index contributed by atoms with van der Waals surface area (Å²) in [5.41, 5.74) is 2.52. The summed E-state index contributed by atoms with van der Waals surface area (Å²) in [5, 5.41) is -0.0307. The molecule has 0 saturated carbocycles. The Balaban J connectivity index is 1.44. The van der Waals surface area contributed by atoms with E-state index in [0.717, 1.165) is 44.2 Å². The van der Waals surface area contributed by atoms with Crippen molar-refractivity contribution in [2.24, 2.45) is 0 Å². The van der Waals surface area contributed by atoms with E-state index in [1.54, 1.807) is 18.9 Å². The van der Waals surface area contributed by atoms with Gasteiger partial charge in [0.05, 0.1) is 12.4 Å². The van der Waals surface area contributed by atoms with E-state index in [1.165, 1.54) is 11.1 Å². The molecule has 0 aromatic heterocycles. The first-order valence-electron chi connectivity index (χ1n) is 9.45. The van der Waals surface area contributed by atoms with Crippen molar-refractivity contribution < 1.29 is 9.53 Å². The molecule has 2 aromatic carbocycles. The Labute approximate surface area is 166 Å². The number of nitrogens with zero attached hydrogens (tertiary/aromatic N) is 2. The third-order valence-electron chi connectivity index (χ3n) is 4.91.